The minimum Gasteiger partial charge on any atom is -0.469 e. The molecule has 1 unspecified atom stereocenters. The van der Waals surface area contributed by atoms with Crippen molar-refractivity contribution in [2.75, 3.05) is 19.6 Å². The van der Waals surface area contributed by atoms with Gasteiger partial charge in [-0.1, -0.05) is 0 Å². The Balaban J connectivity index is 1.68. The summed E-state index contributed by atoms with van der Waals surface area (Å²) in [7, 11) is 0. The fraction of sp³-hybridized carbons (Fsp3) is 0.455. The van der Waals surface area contributed by atoms with Crippen LogP contribution in [0.15, 0.2) is 22.8 Å². The number of piperazine rings is 1. The molecule has 6 nitrogen and oxygen atoms in total. The summed E-state index contributed by atoms with van der Waals surface area (Å²) >= 11 is 0. The zero-order valence-corrected chi connectivity index (χ0v) is 9.36. The van der Waals surface area contributed by atoms with Crippen LogP contribution in [0.2, 0.25) is 0 Å². The first kappa shape index (κ1) is 11.7. The Kier molecular flexibility index (Phi) is 3.77. The number of carbonyl (C=O) groups is 2. The first-order chi connectivity index (χ1) is 8.25. The SMILES string of the molecule is O=C1CNC(C(=O)NCCc2ccco2)CN1. The summed E-state index contributed by atoms with van der Waals surface area (Å²) in [6, 6.07) is 3.34. The van der Waals surface area contributed by atoms with Crippen molar-refractivity contribution in [2.24, 2.45) is 0 Å². The topological polar surface area (TPSA) is 83.4 Å². The van der Waals surface area contributed by atoms with E-state index in [1.165, 1.54) is 0 Å². The number of hydrogen-bond acceptors (Lipinski definition) is 4. The van der Waals surface area contributed by atoms with Gasteiger partial charge < -0.3 is 15.1 Å². The fourth-order valence-corrected chi connectivity index (χ4v) is 1.64. The highest BCUT2D eigenvalue weighted by atomic mass is 16.3. The fourth-order valence-electron chi connectivity index (χ4n) is 1.64. The number of nitrogens with one attached hydrogen (secondary N) is 3. The van der Waals surface area contributed by atoms with Gasteiger partial charge in [-0.2, -0.15) is 0 Å². The average Bonchev–Trinajstić information content (AvgIpc) is 2.83. The van der Waals surface area contributed by atoms with Gasteiger partial charge in [0.15, 0.2) is 0 Å². The van der Waals surface area contributed by atoms with E-state index in [4.69, 9.17) is 4.42 Å². The lowest BCUT2D eigenvalue weighted by atomic mass is 10.2. The van der Waals surface area contributed by atoms with E-state index in [9.17, 15) is 9.59 Å². The normalized spacial score (nSPS) is 19.8. The number of carbonyl (C=O) groups excluding carboxylic acids is 2. The van der Waals surface area contributed by atoms with Crippen molar-refractivity contribution in [2.45, 2.75) is 12.5 Å². The van der Waals surface area contributed by atoms with Gasteiger partial charge in [-0.15, -0.1) is 0 Å². The quantitative estimate of drug-likeness (QED) is 0.629. The molecule has 6 heteroatoms. The molecule has 3 N–H and O–H groups in total. The molecular formula is C11H15N3O3. The predicted octanol–water partition coefficient (Wildman–Crippen LogP) is -0.974. The van der Waals surface area contributed by atoms with Gasteiger partial charge in [0, 0.05) is 19.5 Å². The van der Waals surface area contributed by atoms with Crippen LogP contribution in [0.1, 0.15) is 5.76 Å². The lowest BCUT2D eigenvalue weighted by Crippen LogP contribution is -2.58. The van der Waals surface area contributed by atoms with Crippen molar-refractivity contribution >= 4 is 11.8 Å². The molecule has 2 amide bonds. The van der Waals surface area contributed by atoms with Gasteiger partial charge >= 0.3 is 0 Å². The predicted molar refractivity (Wildman–Crippen MR) is 60.2 cm³/mol. The van der Waals surface area contributed by atoms with Crippen molar-refractivity contribution in [3.05, 3.63) is 24.2 Å². The van der Waals surface area contributed by atoms with Gasteiger partial charge in [-0.05, 0) is 12.1 Å². The van der Waals surface area contributed by atoms with E-state index in [0.29, 0.717) is 19.5 Å². The van der Waals surface area contributed by atoms with E-state index in [0.717, 1.165) is 5.76 Å². The molecule has 2 rings (SSSR count). The Morgan fingerprint density at radius 3 is 3.12 bits per heavy atom. The van der Waals surface area contributed by atoms with Crippen molar-refractivity contribution in [1.29, 1.82) is 0 Å². The molecule has 17 heavy (non-hydrogen) atoms. The first-order valence-electron chi connectivity index (χ1n) is 5.56. The van der Waals surface area contributed by atoms with Gasteiger partial charge in [0.2, 0.25) is 11.8 Å². The van der Waals surface area contributed by atoms with Gasteiger partial charge in [-0.3, -0.25) is 14.9 Å². The largest absolute Gasteiger partial charge is 0.469 e. The molecule has 1 saturated heterocycles. The first-order valence-corrected chi connectivity index (χ1v) is 5.56. The van der Waals surface area contributed by atoms with Gasteiger partial charge in [-0.25, -0.2) is 0 Å². The molecule has 0 saturated carbocycles. The molecule has 0 spiro atoms. The van der Waals surface area contributed by atoms with Crippen LogP contribution >= 0.6 is 0 Å². The zero-order valence-electron chi connectivity index (χ0n) is 9.36. The summed E-state index contributed by atoms with van der Waals surface area (Å²) in [5, 5.41) is 8.29. The van der Waals surface area contributed by atoms with Crippen molar-refractivity contribution < 1.29 is 14.0 Å². The Morgan fingerprint density at radius 1 is 1.59 bits per heavy atom. The van der Waals surface area contributed by atoms with Crippen LogP contribution in [0.3, 0.4) is 0 Å². The summed E-state index contributed by atoms with van der Waals surface area (Å²) in [6.45, 7) is 1.06. The Morgan fingerprint density at radius 2 is 2.47 bits per heavy atom. The molecule has 0 aromatic carbocycles. The average molecular weight is 237 g/mol. The second kappa shape index (κ2) is 5.49. The van der Waals surface area contributed by atoms with Crippen LogP contribution in [-0.4, -0.2) is 37.5 Å². The highest BCUT2D eigenvalue weighted by molar-refractivity contribution is 5.86. The molecule has 92 valence electrons. The minimum atomic E-state index is -0.343. The van der Waals surface area contributed by atoms with Gasteiger partial charge in [0.25, 0.3) is 0 Å². The second-order valence-electron chi connectivity index (χ2n) is 3.86. The molecular weight excluding hydrogens is 222 g/mol. The van der Waals surface area contributed by atoms with Crippen LogP contribution in [0.4, 0.5) is 0 Å². The van der Waals surface area contributed by atoms with Crippen molar-refractivity contribution in [1.82, 2.24) is 16.0 Å². The molecule has 2 heterocycles. The maximum absolute atomic E-state index is 11.7. The van der Waals surface area contributed by atoms with Crippen LogP contribution in [-0.2, 0) is 16.0 Å². The maximum Gasteiger partial charge on any atom is 0.238 e. The molecule has 1 atom stereocenters. The van der Waals surface area contributed by atoms with Gasteiger partial charge in [0.05, 0.1) is 12.8 Å². The van der Waals surface area contributed by atoms with E-state index in [2.05, 4.69) is 16.0 Å². The van der Waals surface area contributed by atoms with E-state index in [1.807, 2.05) is 12.1 Å². The third-order valence-corrected chi connectivity index (χ3v) is 2.58. The smallest absolute Gasteiger partial charge is 0.238 e. The molecule has 1 aliphatic rings. The number of rotatable bonds is 4. The summed E-state index contributed by atoms with van der Waals surface area (Å²) in [5.74, 6) is 0.663. The molecule has 0 aliphatic carbocycles. The molecule has 0 bridgehead atoms. The maximum atomic E-state index is 11.7. The molecule has 1 fully saturated rings. The third kappa shape index (κ3) is 3.32. The Hall–Kier alpha value is -1.82. The van der Waals surface area contributed by atoms with Crippen LogP contribution in [0.25, 0.3) is 0 Å². The zero-order chi connectivity index (χ0) is 12.1. The number of furan rings is 1. The van der Waals surface area contributed by atoms with E-state index >= 15 is 0 Å². The van der Waals surface area contributed by atoms with E-state index in [1.54, 1.807) is 6.26 Å². The minimum absolute atomic E-state index is 0.0790. The van der Waals surface area contributed by atoms with E-state index in [-0.39, 0.29) is 24.4 Å². The van der Waals surface area contributed by atoms with Gasteiger partial charge in [0.1, 0.15) is 11.8 Å². The summed E-state index contributed by atoms with van der Waals surface area (Å²) in [5.41, 5.74) is 0. The van der Waals surface area contributed by atoms with Crippen LogP contribution in [0.5, 0.6) is 0 Å². The van der Waals surface area contributed by atoms with E-state index < -0.39 is 0 Å². The molecule has 1 aromatic rings. The highest BCUT2D eigenvalue weighted by Crippen LogP contribution is 1.99. The Labute approximate surface area is 98.7 Å². The van der Waals surface area contributed by atoms with Crippen molar-refractivity contribution in [3.63, 3.8) is 0 Å². The lowest BCUT2D eigenvalue weighted by Gasteiger charge is -2.22. The molecule has 1 aliphatic heterocycles. The van der Waals surface area contributed by atoms with Crippen LogP contribution in [0, 0.1) is 0 Å². The summed E-state index contributed by atoms with van der Waals surface area (Å²) < 4.78 is 5.15. The standard InChI is InChI=1S/C11H15N3O3/c15-10-7-13-9(6-14-10)11(16)12-4-3-8-2-1-5-17-8/h1-2,5,9,13H,3-4,6-7H2,(H,12,16)(H,14,15). The lowest BCUT2D eigenvalue weighted by molar-refractivity contribution is -0.126. The second-order valence-corrected chi connectivity index (χ2v) is 3.86. The number of amides is 2. The monoisotopic (exact) mass is 237 g/mol. The summed E-state index contributed by atoms with van der Waals surface area (Å²) in [6.07, 6.45) is 2.27. The van der Waals surface area contributed by atoms with Crippen molar-refractivity contribution in [3.8, 4) is 0 Å². The van der Waals surface area contributed by atoms with Crippen LogP contribution < -0.4 is 16.0 Å². The molecule has 0 radical (unpaired) electrons. The molecule has 1 aromatic heterocycles. The Bertz CT molecular complexity index is 379. The summed E-state index contributed by atoms with van der Waals surface area (Å²) in [4.78, 5) is 22.6. The third-order valence-electron chi connectivity index (χ3n) is 2.58. The highest BCUT2D eigenvalue weighted by Gasteiger charge is 2.23. The number of hydrogen-bond donors (Lipinski definition) is 3.